The van der Waals surface area contributed by atoms with Gasteiger partial charge in [-0.15, -0.1) is 0 Å². The van der Waals surface area contributed by atoms with Crippen molar-refractivity contribution in [3.8, 4) is 0 Å². The summed E-state index contributed by atoms with van der Waals surface area (Å²) >= 11 is 0. The summed E-state index contributed by atoms with van der Waals surface area (Å²) in [7, 11) is 0. The van der Waals surface area contributed by atoms with Gasteiger partial charge < -0.3 is 5.73 Å². The molecule has 0 aromatic rings. The maximum atomic E-state index is 5.62. The SMILES string of the molecule is CCCC(N)=NC(C)(C)C. The van der Waals surface area contributed by atoms with E-state index < -0.39 is 0 Å². The Balaban J connectivity index is 3.90. The van der Waals surface area contributed by atoms with Crippen LogP contribution in [0.15, 0.2) is 4.99 Å². The maximum absolute atomic E-state index is 5.62. The fourth-order valence-electron chi connectivity index (χ4n) is 0.743. The number of rotatable bonds is 2. The van der Waals surface area contributed by atoms with Gasteiger partial charge in [0, 0.05) is 6.42 Å². The Hall–Kier alpha value is -0.530. The van der Waals surface area contributed by atoms with Crippen molar-refractivity contribution in [3.05, 3.63) is 0 Å². The highest BCUT2D eigenvalue weighted by Gasteiger charge is 2.06. The molecule has 0 aromatic carbocycles. The Bertz CT molecular complexity index is 120. The molecule has 60 valence electrons. The van der Waals surface area contributed by atoms with Crippen LogP contribution < -0.4 is 5.73 Å². The van der Waals surface area contributed by atoms with Crippen LogP contribution in [0.25, 0.3) is 0 Å². The lowest BCUT2D eigenvalue weighted by atomic mass is 10.1. The van der Waals surface area contributed by atoms with Crippen LogP contribution in [-0.4, -0.2) is 11.4 Å². The number of aliphatic imine (C=N–C) groups is 1. The summed E-state index contributed by atoms with van der Waals surface area (Å²) in [4.78, 5) is 4.29. The highest BCUT2D eigenvalue weighted by Crippen LogP contribution is 2.06. The van der Waals surface area contributed by atoms with Crippen molar-refractivity contribution in [2.24, 2.45) is 10.7 Å². The molecule has 2 N–H and O–H groups in total. The van der Waals surface area contributed by atoms with Crippen molar-refractivity contribution in [1.82, 2.24) is 0 Å². The second-order valence-corrected chi connectivity index (χ2v) is 3.52. The zero-order valence-corrected chi connectivity index (χ0v) is 7.44. The number of nitrogens with zero attached hydrogens (tertiary/aromatic N) is 1. The zero-order valence-electron chi connectivity index (χ0n) is 7.44. The Morgan fingerprint density at radius 2 is 1.90 bits per heavy atom. The number of hydrogen-bond donors (Lipinski definition) is 1. The molecule has 0 saturated heterocycles. The second-order valence-electron chi connectivity index (χ2n) is 3.52. The van der Waals surface area contributed by atoms with Gasteiger partial charge in [-0.3, -0.25) is 4.99 Å². The largest absolute Gasteiger partial charge is 0.387 e. The van der Waals surface area contributed by atoms with Crippen molar-refractivity contribution in [2.75, 3.05) is 0 Å². The first-order chi connectivity index (χ1) is 4.45. The predicted molar refractivity (Wildman–Crippen MR) is 46.3 cm³/mol. The summed E-state index contributed by atoms with van der Waals surface area (Å²) in [5.41, 5.74) is 5.61. The first-order valence-electron chi connectivity index (χ1n) is 3.80. The lowest BCUT2D eigenvalue weighted by molar-refractivity contribution is 0.580. The normalized spacial score (nSPS) is 13.8. The number of hydrogen-bond acceptors (Lipinski definition) is 1. The van der Waals surface area contributed by atoms with E-state index >= 15 is 0 Å². The minimum atomic E-state index is -0.0146. The Morgan fingerprint density at radius 3 is 2.20 bits per heavy atom. The van der Waals surface area contributed by atoms with Crippen LogP contribution in [0.4, 0.5) is 0 Å². The molecule has 0 radical (unpaired) electrons. The first-order valence-corrected chi connectivity index (χ1v) is 3.80. The topological polar surface area (TPSA) is 38.4 Å². The van der Waals surface area contributed by atoms with E-state index in [9.17, 15) is 0 Å². The molecule has 2 nitrogen and oxygen atoms in total. The lowest BCUT2D eigenvalue weighted by Gasteiger charge is -2.12. The van der Waals surface area contributed by atoms with Crippen molar-refractivity contribution in [3.63, 3.8) is 0 Å². The van der Waals surface area contributed by atoms with Gasteiger partial charge in [-0.2, -0.15) is 0 Å². The van der Waals surface area contributed by atoms with Crippen molar-refractivity contribution < 1.29 is 0 Å². The van der Waals surface area contributed by atoms with Gasteiger partial charge in [0.15, 0.2) is 0 Å². The summed E-state index contributed by atoms with van der Waals surface area (Å²) < 4.78 is 0. The van der Waals surface area contributed by atoms with Crippen molar-refractivity contribution in [2.45, 2.75) is 46.1 Å². The van der Waals surface area contributed by atoms with Gasteiger partial charge in [0.2, 0.25) is 0 Å². The van der Waals surface area contributed by atoms with Crippen molar-refractivity contribution in [1.29, 1.82) is 0 Å². The molecule has 0 aliphatic rings. The van der Waals surface area contributed by atoms with Crippen LogP contribution in [0.2, 0.25) is 0 Å². The smallest absolute Gasteiger partial charge is 0.0943 e. The molecule has 2 heteroatoms. The summed E-state index contributed by atoms with van der Waals surface area (Å²) in [6.45, 7) is 8.26. The van der Waals surface area contributed by atoms with E-state index in [1.54, 1.807) is 0 Å². The van der Waals surface area contributed by atoms with Crippen LogP contribution in [0.5, 0.6) is 0 Å². The molecule has 0 bridgehead atoms. The molecule has 0 atom stereocenters. The highest BCUT2D eigenvalue weighted by molar-refractivity contribution is 5.80. The first kappa shape index (κ1) is 9.47. The Kier molecular flexibility index (Phi) is 3.40. The molecule has 0 aliphatic carbocycles. The third kappa shape index (κ3) is 5.60. The van der Waals surface area contributed by atoms with Crippen LogP contribution in [0, 0.1) is 0 Å². The third-order valence-electron chi connectivity index (χ3n) is 0.985. The van der Waals surface area contributed by atoms with Crippen LogP contribution in [0.1, 0.15) is 40.5 Å². The zero-order chi connectivity index (χ0) is 8.20. The maximum Gasteiger partial charge on any atom is 0.0943 e. The van der Waals surface area contributed by atoms with E-state index in [-0.39, 0.29) is 5.54 Å². The molecule has 0 aromatic heterocycles. The summed E-state index contributed by atoms with van der Waals surface area (Å²) in [6.07, 6.45) is 1.99. The standard InChI is InChI=1S/C8H18N2/c1-5-6-7(9)10-8(2,3)4/h5-6H2,1-4H3,(H2,9,10). The molecule has 0 rings (SSSR count). The molecule has 0 amide bonds. The minimum absolute atomic E-state index is 0.0146. The van der Waals surface area contributed by atoms with E-state index in [0.29, 0.717) is 0 Å². The Morgan fingerprint density at radius 1 is 1.40 bits per heavy atom. The van der Waals surface area contributed by atoms with Crippen LogP contribution in [0.3, 0.4) is 0 Å². The molecule has 0 fully saturated rings. The van der Waals surface area contributed by atoms with E-state index in [2.05, 4.69) is 32.7 Å². The minimum Gasteiger partial charge on any atom is -0.387 e. The van der Waals surface area contributed by atoms with E-state index in [4.69, 9.17) is 5.73 Å². The summed E-state index contributed by atoms with van der Waals surface area (Å²) in [5, 5.41) is 0. The van der Waals surface area contributed by atoms with Crippen LogP contribution >= 0.6 is 0 Å². The number of nitrogens with two attached hydrogens (primary N) is 1. The highest BCUT2D eigenvalue weighted by atomic mass is 14.9. The quantitative estimate of drug-likeness (QED) is 0.464. The molecular formula is C8H18N2. The predicted octanol–water partition coefficient (Wildman–Crippen LogP) is 1.94. The molecule has 0 aliphatic heterocycles. The van der Waals surface area contributed by atoms with Gasteiger partial charge in [0.25, 0.3) is 0 Å². The molecule has 0 saturated carbocycles. The average molecular weight is 142 g/mol. The van der Waals surface area contributed by atoms with Gasteiger partial charge in [0.1, 0.15) is 0 Å². The van der Waals surface area contributed by atoms with Gasteiger partial charge in [-0.1, -0.05) is 6.92 Å². The average Bonchev–Trinajstić information content (AvgIpc) is 1.59. The fourth-order valence-corrected chi connectivity index (χ4v) is 0.743. The number of amidine groups is 1. The molecule has 0 heterocycles. The monoisotopic (exact) mass is 142 g/mol. The van der Waals surface area contributed by atoms with Gasteiger partial charge in [-0.05, 0) is 27.2 Å². The molecular weight excluding hydrogens is 124 g/mol. The lowest BCUT2D eigenvalue weighted by Crippen LogP contribution is -2.19. The Labute approximate surface area is 63.5 Å². The van der Waals surface area contributed by atoms with Gasteiger partial charge in [-0.25, -0.2) is 0 Å². The molecule has 10 heavy (non-hydrogen) atoms. The van der Waals surface area contributed by atoms with E-state index in [0.717, 1.165) is 18.7 Å². The molecule has 0 spiro atoms. The van der Waals surface area contributed by atoms with Crippen molar-refractivity contribution >= 4 is 5.84 Å². The fraction of sp³-hybridized carbons (Fsp3) is 0.875. The van der Waals surface area contributed by atoms with E-state index in [1.807, 2.05) is 0 Å². The van der Waals surface area contributed by atoms with Gasteiger partial charge in [0.05, 0.1) is 11.4 Å². The molecule has 0 unspecified atom stereocenters. The van der Waals surface area contributed by atoms with E-state index in [1.165, 1.54) is 0 Å². The second kappa shape index (κ2) is 3.59. The summed E-state index contributed by atoms with van der Waals surface area (Å²) in [5.74, 6) is 0.773. The summed E-state index contributed by atoms with van der Waals surface area (Å²) in [6, 6.07) is 0. The van der Waals surface area contributed by atoms with Gasteiger partial charge >= 0.3 is 0 Å². The van der Waals surface area contributed by atoms with Crippen LogP contribution in [-0.2, 0) is 0 Å². The third-order valence-corrected chi connectivity index (χ3v) is 0.985.